The maximum absolute atomic E-state index is 11.4. The number of nitro groups is 1. The van der Waals surface area contributed by atoms with Crippen LogP contribution in [0.25, 0.3) is 0 Å². The lowest BCUT2D eigenvalue weighted by atomic mass is 10.1. The Bertz CT molecular complexity index is 458. The van der Waals surface area contributed by atoms with Gasteiger partial charge < -0.3 is 4.74 Å². The summed E-state index contributed by atoms with van der Waals surface area (Å²) in [5, 5.41) is 10.6. The van der Waals surface area contributed by atoms with E-state index in [2.05, 4.69) is 4.74 Å². The van der Waals surface area contributed by atoms with Gasteiger partial charge in [0.05, 0.1) is 17.7 Å². The van der Waals surface area contributed by atoms with E-state index in [0.29, 0.717) is 18.7 Å². The highest BCUT2D eigenvalue weighted by Crippen LogP contribution is 2.31. The Labute approximate surface area is 91.6 Å². The van der Waals surface area contributed by atoms with Crippen molar-refractivity contribution in [3.63, 3.8) is 0 Å². The molecule has 1 aromatic rings. The molecular formula is C10H10N2O4. The van der Waals surface area contributed by atoms with Gasteiger partial charge in [0, 0.05) is 18.7 Å². The number of benzene rings is 1. The van der Waals surface area contributed by atoms with Crippen molar-refractivity contribution in [3.8, 4) is 0 Å². The van der Waals surface area contributed by atoms with Crippen LogP contribution in [0.1, 0.15) is 5.56 Å². The van der Waals surface area contributed by atoms with Gasteiger partial charge in [-0.05, 0) is 12.0 Å². The molecule has 0 saturated carbocycles. The Hall–Kier alpha value is -2.11. The minimum absolute atomic E-state index is 0.0189. The molecule has 0 unspecified atom stereocenters. The third kappa shape index (κ3) is 1.58. The number of ether oxygens (including phenoxy) is 1. The van der Waals surface area contributed by atoms with E-state index in [1.54, 1.807) is 6.07 Å². The Balaban J connectivity index is 2.40. The van der Waals surface area contributed by atoms with E-state index in [1.807, 2.05) is 0 Å². The van der Waals surface area contributed by atoms with Crippen LogP contribution in [0.5, 0.6) is 0 Å². The number of non-ortho nitro benzene ring substituents is 1. The number of hydrogen-bond acceptors (Lipinski definition) is 4. The lowest BCUT2D eigenvalue weighted by Gasteiger charge is -2.14. The number of hydrogen-bond donors (Lipinski definition) is 0. The fourth-order valence-electron chi connectivity index (χ4n) is 1.78. The molecule has 1 aliphatic rings. The Morgan fingerprint density at radius 3 is 2.94 bits per heavy atom. The fourth-order valence-corrected chi connectivity index (χ4v) is 1.78. The van der Waals surface area contributed by atoms with E-state index in [1.165, 1.54) is 24.1 Å². The van der Waals surface area contributed by atoms with E-state index >= 15 is 0 Å². The summed E-state index contributed by atoms with van der Waals surface area (Å²) in [5.41, 5.74) is 1.48. The summed E-state index contributed by atoms with van der Waals surface area (Å²) < 4.78 is 4.61. The third-order valence-corrected chi connectivity index (χ3v) is 2.57. The summed E-state index contributed by atoms with van der Waals surface area (Å²) in [6.45, 7) is 0.503. The van der Waals surface area contributed by atoms with Crippen LogP contribution in [0.4, 0.5) is 16.2 Å². The zero-order valence-corrected chi connectivity index (χ0v) is 8.67. The molecule has 6 heteroatoms. The first-order chi connectivity index (χ1) is 7.63. The highest BCUT2D eigenvalue weighted by molar-refractivity contribution is 5.90. The number of methoxy groups -OCH3 is 1. The van der Waals surface area contributed by atoms with Crippen molar-refractivity contribution in [1.82, 2.24) is 0 Å². The molecule has 16 heavy (non-hydrogen) atoms. The van der Waals surface area contributed by atoms with Crippen LogP contribution in [-0.4, -0.2) is 24.7 Å². The number of nitrogens with zero attached hydrogens (tertiary/aromatic N) is 2. The SMILES string of the molecule is COC(=O)N1CCc2ccc([N+](=O)[O-])cc21. The summed E-state index contributed by atoms with van der Waals surface area (Å²) in [4.78, 5) is 22.9. The molecule has 2 rings (SSSR count). The maximum atomic E-state index is 11.4. The molecule has 0 atom stereocenters. The van der Waals surface area contributed by atoms with Crippen molar-refractivity contribution in [2.24, 2.45) is 0 Å². The van der Waals surface area contributed by atoms with Crippen LogP contribution in [0.3, 0.4) is 0 Å². The van der Waals surface area contributed by atoms with Crippen molar-refractivity contribution in [3.05, 3.63) is 33.9 Å². The van der Waals surface area contributed by atoms with Gasteiger partial charge in [0.15, 0.2) is 0 Å². The topological polar surface area (TPSA) is 72.7 Å². The molecular weight excluding hydrogens is 212 g/mol. The molecule has 0 aromatic heterocycles. The second-order valence-corrected chi connectivity index (χ2v) is 3.44. The van der Waals surface area contributed by atoms with Gasteiger partial charge in [0.1, 0.15) is 0 Å². The molecule has 1 aliphatic heterocycles. The van der Waals surface area contributed by atoms with Crippen LogP contribution < -0.4 is 4.90 Å². The molecule has 1 aromatic carbocycles. The zero-order valence-electron chi connectivity index (χ0n) is 8.67. The van der Waals surface area contributed by atoms with Gasteiger partial charge in [-0.2, -0.15) is 0 Å². The predicted molar refractivity (Wildman–Crippen MR) is 56.6 cm³/mol. The molecule has 0 aliphatic carbocycles. The van der Waals surface area contributed by atoms with Crippen LogP contribution in [-0.2, 0) is 11.2 Å². The normalized spacial score (nSPS) is 13.4. The number of carbonyl (C=O) groups is 1. The molecule has 0 saturated heterocycles. The van der Waals surface area contributed by atoms with Crippen molar-refractivity contribution >= 4 is 17.5 Å². The standard InChI is InChI=1S/C10H10N2O4/c1-16-10(13)11-5-4-7-2-3-8(12(14)15)6-9(7)11/h2-3,6H,4-5H2,1H3. The third-order valence-electron chi connectivity index (χ3n) is 2.57. The van der Waals surface area contributed by atoms with E-state index < -0.39 is 11.0 Å². The molecule has 0 radical (unpaired) electrons. The summed E-state index contributed by atoms with van der Waals surface area (Å²) in [6, 6.07) is 4.52. The second-order valence-electron chi connectivity index (χ2n) is 3.44. The minimum Gasteiger partial charge on any atom is -0.452 e. The first kappa shape index (κ1) is 10.4. The number of nitro benzene ring substituents is 1. The van der Waals surface area contributed by atoms with Gasteiger partial charge in [-0.15, -0.1) is 0 Å². The first-order valence-electron chi connectivity index (χ1n) is 4.76. The van der Waals surface area contributed by atoms with Crippen LogP contribution >= 0.6 is 0 Å². The van der Waals surface area contributed by atoms with Crippen LogP contribution in [0.15, 0.2) is 18.2 Å². The average molecular weight is 222 g/mol. The molecule has 6 nitrogen and oxygen atoms in total. The van der Waals surface area contributed by atoms with E-state index in [9.17, 15) is 14.9 Å². The average Bonchev–Trinajstić information content (AvgIpc) is 2.70. The largest absolute Gasteiger partial charge is 0.452 e. The van der Waals surface area contributed by atoms with Gasteiger partial charge in [0.25, 0.3) is 5.69 Å². The summed E-state index contributed by atoms with van der Waals surface area (Å²) in [5.74, 6) is 0. The van der Waals surface area contributed by atoms with E-state index in [0.717, 1.165) is 5.56 Å². The summed E-state index contributed by atoms with van der Waals surface area (Å²) >= 11 is 0. The lowest BCUT2D eigenvalue weighted by Crippen LogP contribution is -2.28. The molecule has 1 amide bonds. The number of amides is 1. The Morgan fingerprint density at radius 1 is 1.56 bits per heavy atom. The molecule has 0 bridgehead atoms. The second kappa shape index (κ2) is 3.80. The fraction of sp³-hybridized carbons (Fsp3) is 0.300. The number of carbonyl (C=O) groups excluding carboxylic acids is 1. The van der Waals surface area contributed by atoms with E-state index in [-0.39, 0.29) is 5.69 Å². The summed E-state index contributed by atoms with van der Waals surface area (Å²) in [6.07, 6.45) is 0.210. The molecule has 0 spiro atoms. The molecule has 1 heterocycles. The van der Waals surface area contributed by atoms with Gasteiger partial charge in [0.2, 0.25) is 0 Å². The minimum atomic E-state index is -0.487. The number of rotatable bonds is 1. The van der Waals surface area contributed by atoms with Gasteiger partial charge in [-0.25, -0.2) is 4.79 Å². The van der Waals surface area contributed by atoms with Crippen molar-refractivity contribution in [2.75, 3.05) is 18.6 Å². The smallest absolute Gasteiger partial charge is 0.414 e. The van der Waals surface area contributed by atoms with Crippen LogP contribution in [0, 0.1) is 10.1 Å². The Morgan fingerprint density at radius 2 is 2.31 bits per heavy atom. The first-order valence-corrected chi connectivity index (χ1v) is 4.76. The van der Waals surface area contributed by atoms with Crippen molar-refractivity contribution < 1.29 is 14.5 Å². The van der Waals surface area contributed by atoms with Crippen molar-refractivity contribution in [2.45, 2.75) is 6.42 Å². The lowest BCUT2D eigenvalue weighted by molar-refractivity contribution is -0.384. The molecule has 0 N–H and O–H groups in total. The predicted octanol–water partition coefficient (Wildman–Crippen LogP) is 1.72. The number of fused-ring (bicyclic) bond motifs is 1. The highest BCUT2D eigenvalue weighted by atomic mass is 16.6. The van der Waals surface area contributed by atoms with Gasteiger partial charge >= 0.3 is 6.09 Å². The van der Waals surface area contributed by atoms with Crippen molar-refractivity contribution in [1.29, 1.82) is 0 Å². The zero-order chi connectivity index (χ0) is 11.7. The van der Waals surface area contributed by atoms with E-state index in [4.69, 9.17) is 0 Å². The quantitative estimate of drug-likeness (QED) is 0.535. The highest BCUT2D eigenvalue weighted by Gasteiger charge is 2.27. The maximum Gasteiger partial charge on any atom is 0.414 e. The number of anilines is 1. The Kier molecular flexibility index (Phi) is 2.47. The van der Waals surface area contributed by atoms with Crippen LogP contribution in [0.2, 0.25) is 0 Å². The van der Waals surface area contributed by atoms with Gasteiger partial charge in [-0.1, -0.05) is 6.07 Å². The van der Waals surface area contributed by atoms with Gasteiger partial charge in [-0.3, -0.25) is 15.0 Å². The molecule has 0 fully saturated rings. The summed E-state index contributed by atoms with van der Waals surface area (Å²) in [7, 11) is 1.29. The molecule has 84 valence electrons. The monoisotopic (exact) mass is 222 g/mol.